The molecule has 0 amide bonds. The van der Waals surface area contributed by atoms with Gasteiger partial charge in [0.2, 0.25) is 0 Å². The number of esters is 1. The highest BCUT2D eigenvalue weighted by molar-refractivity contribution is 5.92. The normalized spacial score (nSPS) is 16.0. The number of aromatic nitrogens is 2. The van der Waals surface area contributed by atoms with Crippen molar-refractivity contribution in [3.05, 3.63) is 30.2 Å². The summed E-state index contributed by atoms with van der Waals surface area (Å²) in [5.41, 5.74) is 1.49. The van der Waals surface area contributed by atoms with Gasteiger partial charge in [-0.25, -0.2) is 9.78 Å². The maximum absolute atomic E-state index is 11.7. The maximum atomic E-state index is 11.7. The Bertz CT molecular complexity index is 642. The van der Waals surface area contributed by atoms with Crippen LogP contribution in [0.25, 0.3) is 10.9 Å². The summed E-state index contributed by atoms with van der Waals surface area (Å²) in [6, 6.07) is 3.88. The van der Waals surface area contributed by atoms with Gasteiger partial charge in [-0.05, 0) is 31.4 Å². The number of ether oxygens (including phenoxy) is 1. The molecule has 118 valence electrons. The Morgan fingerprint density at radius 3 is 2.95 bits per heavy atom. The van der Waals surface area contributed by atoms with Crippen molar-refractivity contribution < 1.29 is 9.53 Å². The van der Waals surface area contributed by atoms with Gasteiger partial charge in [-0.2, -0.15) is 0 Å². The zero-order chi connectivity index (χ0) is 15.4. The van der Waals surface area contributed by atoms with Crippen LogP contribution in [-0.2, 0) is 11.3 Å². The topological polar surface area (TPSA) is 44.1 Å². The molecule has 1 aliphatic rings. The Morgan fingerprint density at radius 1 is 1.36 bits per heavy atom. The molecule has 0 saturated heterocycles. The molecular formula is C18H24N2O2. The summed E-state index contributed by atoms with van der Waals surface area (Å²) in [5.74, 6) is 0.525. The number of hydrogen-bond donors (Lipinski definition) is 0. The minimum Gasteiger partial charge on any atom is -0.461 e. The number of carbonyl (C=O) groups is 1. The van der Waals surface area contributed by atoms with Crippen molar-refractivity contribution in [2.75, 3.05) is 6.61 Å². The van der Waals surface area contributed by atoms with Gasteiger partial charge in [0, 0.05) is 18.1 Å². The Hall–Kier alpha value is -1.84. The second-order valence-electron chi connectivity index (χ2n) is 6.15. The molecular weight excluding hydrogens is 276 g/mol. The molecule has 1 fully saturated rings. The zero-order valence-corrected chi connectivity index (χ0v) is 13.3. The van der Waals surface area contributed by atoms with Crippen LogP contribution in [0.1, 0.15) is 55.9 Å². The van der Waals surface area contributed by atoms with Crippen LogP contribution >= 0.6 is 0 Å². The Balaban J connectivity index is 1.70. The third kappa shape index (κ3) is 3.32. The highest BCUT2D eigenvalue weighted by Gasteiger charge is 2.14. The fourth-order valence-electron chi connectivity index (χ4n) is 3.40. The molecule has 0 N–H and O–H groups in total. The van der Waals surface area contributed by atoms with Crippen LogP contribution in [0.3, 0.4) is 0 Å². The molecule has 1 aliphatic carbocycles. The molecule has 1 saturated carbocycles. The smallest absolute Gasteiger partial charge is 0.356 e. The van der Waals surface area contributed by atoms with E-state index in [9.17, 15) is 4.79 Å². The molecule has 3 rings (SSSR count). The number of nitrogens with zero attached hydrogens (tertiary/aromatic N) is 2. The summed E-state index contributed by atoms with van der Waals surface area (Å²) >= 11 is 0. The van der Waals surface area contributed by atoms with Crippen LogP contribution in [0, 0.1) is 5.92 Å². The quantitative estimate of drug-likeness (QED) is 0.778. The highest BCUT2D eigenvalue weighted by atomic mass is 16.5. The van der Waals surface area contributed by atoms with E-state index in [0.717, 1.165) is 23.4 Å². The van der Waals surface area contributed by atoms with Gasteiger partial charge in [0.1, 0.15) is 5.69 Å². The minimum absolute atomic E-state index is 0.348. The highest BCUT2D eigenvalue weighted by Crippen LogP contribution is 2.27. The van der Waals surface area contributed by atoms with E-state index >= 15 is 0 Å². The third-order valence-corrected chi connectivity index (χ3v) is 4.64. The maximum Gasteiger partial charge on any atom is 0.356 e. The molecule has 4 heteroatoms. The monoisotopic (exact) mass is 300 g/mol. The van der Waals surface area contributed by atoms with Crippen molar-refractivity contribution in [2.45, 2.75) is 52.0 Å². The van der Waals surface area contributed by atoms with Crippen LogP contribution in [0.5, 0.6) is 0 Å². The second kappa shape index (κ2) is 6.95. The minimum atomic E-state index is -0.348. The summed E-state index contributed by atoms with van der Waals surface area (Å²) in [4.78, 5) is 16.0. The number of fused-ring (bicyclic) bond motifs is 1. The fourth-order valence-corrected chi connectivity index (χ4v) is 3.40. The van der Waals surface area contributed by atoms with Crippen molar-refractivity contribution in [1.29, 1.82) is 0 Å². The lowest BCUT2D eigenvalue weighted by Gasteiger charge is -2.21. The molecule has 2 heterocycles. The molecule has 0 aromatic carbocycles. The molecule has 0 bridgehead atoms. The summed E-state index contributed by atoms with van der Waals surface area (Å²) < 4.78 is 7.26. The SMILES string of the molecule is CCOC(=O)c1cc2ccn(CCC3CCCCC3)c2cn1. The van der Waals surface area contributed by atoms with Crippen LogP contribution in [0.2, 0.25) is 0 Å². The van der Waals surface area contributed by atoms with Gasteiger partial charge in [0.15, 0.2) is 0 Å². The molecule has 22 heavy (non-hydrogen) atoms. The van der Waals surface area contributed by atoms with Gasteiger partial charge >= 0.3 is 5.97 Å². The lowest BCUT2D eigenvalue weighted by Crippen LogP contribution is -2.10. The lowest BCUT2D eigenvalue weighted by molar-refractivity contribution is 0.0519. The number of pyridine rings is 1. The van der Waals surface area contributed by atoms with Gasteiger partial charge < -0.3 is 9.30 Å². The number of aryl methyl sites for hydroxylation is 1. The fraction of sp³-hybridized carbons (Fsp3) is 0.556. The molecule has 0 unspecified atom stereocenters. The first-order valence-electron chi connectivity index (χ1n) is 8.40. The van der Waals surface area contributed by atoms with Gasteiger partial charge in [0.05, 0.1) is 18.3 Å². The first-order chi connectivity index (χ1) is 10.8. The summed E-state index contributed by atoms with van der Waals surface area (Å²) in [7, 11) is 0. The van der Waals surface area contributed by atoms with Crippen LogP contribution in [0.15, 0.2) is 24.5 Å². The third-order valence-electron chi connectivity index (χ3n) is 4.64. The van der Waals surface area contributed by atoms with Crippen LogP contribution in [-0.4, -0.2) is 22.1 Å². The summed E-state index contributed by atoms with van der Waals surface area (Å²) in [5, 5.41) is 1.06. The molecule has 2 aromatic rings. The lowest BCUT2D eigenvalue weighted by atomic mass is 9.87. The second-order valence-corrected chi connectivity index (χ2v) is 6.15. The van der Waals surface area contributed by atoms with E-state index in [4.69, 9.17) is 4.74 Å². The van der Waals surface area contributed by atoms with E-state index in [1.807, 2.05) is 6.07 Å². The van der Waals surface area contributed by atoms with Gasteiger partial charge in [-0.1, -0.05) is 32.1 Å². The molecule has 2 aromatic heterocycles. The molecule has 4 nitrogen and oxygen atoms in total. The van der Waals surface area contributed by atoms with E-state index in [1.54, 1.807) is 13.1 Å². The van der Waals surface area contributed by atoms with E-state index in [1.165, 1.54) is 38.5 Å². The average Bonchev–Trinajstić information content (AvgIpc) is 2.96. The number of hydrogen-bond acceptors (Lipinski definition) is 3. The van der Waals surface area contributed by atoms with Crippen molar-refractivity contribution >= 4 is 16.9 Å². The predicted molar refractivity (Wildman–Crippen MR) is 86.9 cm³/mol. The Kier molecular flexibility index (Phi) is 4.76. The number of rotatable bonds is 5. The average molecular weight is 300 g/mol. The first kappa shape index (κ1) is 15.1. The van der Waals surface area contributed by atoms with Crippen molar-refractivity contribution in [3.8, 4) is 0 Å². The molecule has 0 atom stereocenters. The standard InChI is InChI=1S/C18H24N2O2/c1-2-22-18(21)16-12-15-9-11-20(17(15)13-19-16)10-8-14-6-4-3-5-7-14/h9,11-14H,2-8,10H2,1H3. The van der Waals surface area contributed by atoms with Crippen LogP contribution < -0.4 is 0 Å². The Morgan fingerprint density at radius 2 is 2.18 bits per heavy atom. The van der Waals surface area contributed by atoms with E-state index in [0.29, 0.717) is 12.3 Å². The summed E-state index contributed by atoms with van der Waals surface area (Å²) in [6.45, 7) is 3.22. The zero-order valence-electron chi connectivity index (χ0n) is 13.3. The largest absolute Gasteiger partial charge is 0.461 e. The molecule has 0 spiro atoms. The molecule has 0 aliphatic heterocycles. The van der Waals surface area contributed by atoms with Crippen molar-refractivity contribution in [1.82, 2.24) is 9.55 Å². The van der Waals surface area contributed by atoms with Gasteiger partial charge in [-0.3, -0.25) is 0 Å². The number of carbonyl (C=O) groups excluding carboxylic acids is 1. The van der Waals surface area contributed by atoms with E-state index < -0.39 is 0 Å². The molecule has 0 radical (unpaired) electrons. The van der Waals surface area contributed by atoms with Crippen molar-refractivity contribution in [3.63, 3.8) is 0 Å². The van der Waals surface area contributed by atoms with Gasteiger partial charge in [0.25, 0.3) is 0 Å². The van der Waals surface area contributed by atoms with Gasteiger partial charge in [-0.15, -0.1) is 0 Å². The van der Waals surface area contributed by atoms with E-state index in [-0.39, 0.29) is 5.97 Å². The predicted octanol–water partition coefficient (Wildman–Crippen LogP) is 4.18. The summed E-state index contributed by atoms with van der Waals surface area (Å²) in [6.07, 6.45) is 12.1. The van der Waals surface area contributed by atoms with Crippen LogP contribution in [0.4, 0.5) is 0 Å². The van der Waals surface area contributed by atoms with E-state index in [2.05, 4.69) is 21.8 Å². The first-order valence-corrected chi connectivity index (χ1v) is 8.40. The van der Waals surface area contributed by atoms with Crippen molar-refractivity contribution in [2.24, 2.45) is 5.92 Å². The Labute approximate surface area is 131 Å².